The average Bonchev–Trinajstić information content (AvgIpc) is 3.00. The normalized spacial score (nSPS) is 11.2. The summed E-state index contributed by atoms with van der Waals surface area (Å²) in [6, 6.07) is 9.49. The van der Waals surface area contributed by atoms with Gasteiger partial charge >= 0.3 is 0 Å². The molecule has 0 bridgehead atoms. The van der Waals surface area contributed by atoms with Crippen LogP contribution in [0.1, 0.15) is 29.1 Å². The average molecular weight is 368 g/mol. The Morgan fingerprint density at radius 3 is 2.76 bits per heavy atom. The van der Waals surface area contributed by atoms with Crippen LogP contribution in [-0.4, -0.2) is 19.6 Å². The highest BCUT2D eigenvalue weighted by Crippen LogP contribution is 2.27. The Bertz CT molecular complexity index is 623. The number of hydrogen-bond acceptors (Lipinski definition) is 3. The van der Waals surface area contributed by atoms with E-state index in [1.807, 2.05) is 18.2 Å². The lowest BCUT2D eigenvalue weighted by molar-refractivity contribution is 0.0945. The molecular weight excluding hydrogens is 350 g/mol. The summed E-state index contributed by atoms with van der Waals surface area (Å²) >= 11 is 5.11. The summed E-state index contributed by atoms with van der Waals surface area (Å²) in [5.41, 5.74) is 0.492. The zero-order valence-electron chi connectivity index (χ0n) is 12.3. The predicted octanol–water partition coefficient (Wildman–Crippen LogP) is 4.23. The van der Waals surface area contributed by atoms with E-state index in [0.29, 0.717) is 17.9 Å². The smallest absolute Gasteiger partial charge is 0.252 e. The summed E-state index contributed by atoms with van der Waals surface area (Å²) in [4.78, 5) is 13.6. The second-order valence-corrected chi connectivity index (χ2v) is 7.19. The first kappa shape index (κ1) is 16.0. The number of ether oxygens (including phenoxy) is 1. The number of carbonyl (C=O) groups is 1. The Hall–Kier alpha value is -1.33. The molecule has 5 heteroatoms. The van der Waals surface area contributed by atoms with Gasteiger partial charge in [0.1, 0.15) is 5.75 Å². The van der Waals surface area contributed by atoms with Gasteiger partial charge in [-0.05, 0) is 45.6 Å². The van der Waals surface area contributed by atoms with Crippen molar-refractivity contribution in [2.45, 2.75) is 19.3 Å². The minimum absolute atomic E-state index is 0.0881. The highest BCUT2D eigenvalue weighted by atomic mass is 79.9. The Kier molecular flexibility index (Phi) is 5.06. The van der Waals surface area contributed by atoms with E-state index in [2.05, 4.69) is 46.5 Å². The van der Waals surface area contributed by atoms with Crippen LogP contribution in [0.15, 0.2) is 40.2 Å². The van der Waals surface area contributed by atoms with Gasteiger partial charge in [0, 0.05) is 21.3 Å². The topological polar surface area (TPSA) is 38.3 Å². The van der Waals surface area contributed by atoms with Crippen LogP contribution < -0.4 is 10.1 Å². The fourth-order valence-corrected chi connectivity index (χ4v) is 3.23. The molecule has 1 heterocycles. The molecule has 21 heavy (non-hydrogen) atoms. The largest absolute Gasteiger partial charge is 0.497 e. The standard InChI is InChI=1S/C16H18BrNO2S/c1-16(2,14-5-4-8-21-14)10-18-15(19)12-9-11(20-3)6-7-13(12)17/h4-9H,10H2,1-3H3,(H,18,19). The summed E-state index contributed by atoms with van der Waals surface area (Å²) in [6.45, 7) is 4.83. The molecule has 112 valence electrons. The van der Waals surface area contributed by atoms with Crippen LogP contribution in [0.3, 0.4) is 0 Å². The third kappa shape index (κ3) is 3.86. The quantitative estimate of drug-likeness (QED) is 0.858. The van der Waals surface area contributed by atoms with E-state index >= 15 is 0 Å². The van der Waals surface area contributed by atoms with Gasteiger partial charge in [-0.15, -0.1) is 11.3 Å². The van der Waals surface area contributed by atoms with E-state index in [1.54, 1.807) is 24.5 Å². The number of amides is 1. The number of hydrogen-bond donors (Lipinski definition) is 1. The second-order valence-electron chi connectivity index (χ2n) is 5.39. The molecule has 0 spiro atoms. The molecule has 0 saturated carbocycles. The Morgan fingerprint density at radius 2 is 2.14 bits per heavy atom. The predicted molar refractivity (Wildman–Crippen MR) is 90.4 cm³/mol. The molecule has 1 amide bonds. The van der Waals surface area contributed by atoms with Crippen molar-refractivity contribution in [2.75, 3.05) is 13.7 Å². The molecule has 1 aromatic heterocycles. The molecule has 0 saturated heterocycles. The van der Waals surface area contributed by atoms with Crippen molar-refractivity contribution in [3.63, 3.8) is 0 Å². The molecule has 0 atom stereocenters. The van der Waals surface area contributed by atoms with Crippen molar-refractivity contribution in [3.05, 3.63) is 50.6 Å². The van der Waals surface area contributed by atoms with Gasteiger partial charge in [-0.2, -0.15) is 0 Å². The third-order valence-corrected chi connectivity index (χ3v) is 5.22. The Morgan fingerprint density at radius 1 is 1.38 bits per heavy atom. The van der Waals surface area contributed by atoms with E-state index in [4.69, 9.17) is 4.74 Å². The zero-order valence-corrected chi connectivity index (χ0v) is 14.7. The van der Waals surface area contributed by atoms with Crippen LogP contribution in [0, 0.1) is 0 Å². The van der Waals surface area contributed by atoms with Gasteiger partial charge in [0.05, 0.1) is 12.7 Å². The summed E-state index contributed by atoms with van der Waals surface area (Å²) in [7, 11) is 1.59. The summed E-state index contributed by atoms with van der Waals surface area (Å²) in [5, 5.41) is 5.05. The van der Waals surface area contributed by atoms with Crippen molar-refractivity contribution >= 4 is 33.2 Å². The molecule has 2 rings (SSSR count). The molecule has 2 aromatic rings. The first-order valence-electron chi connectivity index (χ1n) is 6.60. The molecule has 1 aromatic carbocycles. The number of nitrogens with one attached hydrogen (secondary N) is 1. The van der Waals surface area contributed by atoms with E-state index in [1.165, 1.54) is 4.88 Å². The number of halogens is 1. The van der Waals surface area contributed by atoms with Gasteiger partial charge in [0.2, 0.25) is 0 Å². The Labute approximate surface area is 137 Å². The first-order chi connectivity index (χ1) is 9.94. The fraction of sp³-hybridized carbons (Fsp3) is 0.312. The van der Waals surface area contributed by atoms with E-state index in [-0.39, 0.29) is 11.3 Å². The highest BCUT2D eigenvalue weighted by molar-refractivity contribution is 9.10. The number of benzene rings is 1. The van der Waals surface area contributed by atoms with Crippen LogP contribution >= 0.6 is 27.3 Å². The van der Waals surface area contributed by atoms with Crippen LogP contribution in [0.25, 0.3) is 0 Å². The maximum Gasteiger partial charge on any atom is 0.252 e. The van der Waals surface area contributed by atoms with Crippen molar-refractivity contribution < 1.29 is 9.53 Å². The molecule has 1 N–H and O–H groups in total. The van der Waals surface area contributed by atoms with Gasteiger partial charge in [-0.3, -0.25) is 4.79 Å². The summed E-state index contributed by atoms with van der Waals surface area (Å²) in [5.74, 6) is 0.561. The minimum atomic E-state index is -0.106. The fourth-order valence-electron chi connectivity index (χ4n) is 1.95. The summed E-state index contributed by atoms with van der Waals surface area (Å²) in [6.07, 6.45) is 0. The maximum atomic E-state index is 12.4. The maximum absolute atomic E-state index is 12.4. The number of thiophene rings is 1. The number of carbonyl (C=O) groups excluding carboxylic acids is 1. The van der Waals surface area contributed by atoms with E-state index in [9.17, 15) is 4.79 Å². The van der Waals surface area contributed by atoms with Crippen molar-refractivity contribution in [1.82, 2.24) is 5.32 Å². The van der Waals surface area contributed by atoms with Crippen molar-refractivity contribution in [1.29, 1.82) is 0 Å². The second kappa shape index (κ2) is 6.62. The van der Waals surface area contributed by atoms with Gasteiger partial charge in [-0.25, -0.2) is 0 Å². The molecule has 0 aliphatic heterocycles. The van der Waals surface area contributed by atoms with Crippen LogP contribution in [0.2, 0.25) is 0 Å². The van der Waals surface area contributed by atoms with Crippen LogP contribution in [-0.2, 0) is 5.41 Å². The highest BCUT2D eigenvalue weighted by Gasteiger charge is 2.23. The molecule has 0 unspecified atom stereocenters. The SMILES string of the molecule is COc1ccc(Br)c(C(=O)NCC(C)(C)c2cccs2)c1. The minimum Gasteiger partial charge on any atom is -0.497 e. The van der Waals surface area contributed by atoms with Gasteiger partial charge in [0.15, 0.2) is 0 Å². The lowest BCUT2D eigenvalue weighted by atomic mass is 9.91. The molecule has 0 fully saturated rings. The monoisotopic (exact) mass is 367 g/mol. The van der Waals surface area contributed by atoms with E-state index < -0.39 is 0 Å². The lowest BCUT2D eigenvalue weighted by Crippen LogP contribution is -2.36. The summed E-state index contributed by atoms with van der Waals surface area (Å²) < 4.78 is 5.92. The molecular formula is C16H18BrNO2S. The molecule has 0 aliphatic carbocycles. The lowest BCUT2D eigenvalue weighted by Gasteiger charge is -2.23. The van der Waals surface area contributed by atoms with Crippen molar-refractivity contribution in [3.8, 4) is 5.75 Å². The van der Waals surface area contributed by atoms with Crippen molar-refractivity contribution in [2.24, 2.45) is 0 Å². The number of rotatable bonds is 5. The van der Waals surface area contributed by atoms with Crippen LogP contribution in [0.5, 0.6) is 5.75 Å². The molecule has 0 radical (unpaired) electrons. The van der Waals surface area contributed by atoms with E-state index in [0.717, 1.165) is 4.47 Å². The van der Waals surface area contributed by atoms with Gasteiger partial charge < -0.3 is 10.1 Å². The zero-order chi connectivity index (χ0) is 15.5. The molecule has 3 nitrogen and oxygen atoms in total. The number of methoxy groups -OCH3 is 1. The Balaban J connectivity index is 2.08. The van der Waals surface area contributed by atoms with Crippen LogP contribution in [0.4, 0.5) is 0 Å². The van der Waals surface area contributed by atoms with Gasteiger partial charge in [-0.1, -0.05) is 19.9 Å². The van der Waals surface area contributed by atoms with Gasteiger partial charge in [0.25, 0.3) is 5.91 Å². The molecule has 0 aliphatic rings. The third-order valence-electron chi connectivity index (χ3n) is 3.30. The first-order valence-corrected chi connectivity index (χ1v) is 8.27.